The van der Waals surface area contributed by atoms with E-state index in [1.54, 1.807) is 11.8 Å². The van der Waals surface area contributed by atoms with Gasteiger partial charge in [-0.05, 0) is 61.6 Å². The van der Waals surface area contributed by atoms with Gasteiger partial charge in [0.15, 0.2) is 0 Å². The molecule has 7 nitrogen and oxygen atoms in total. The summed E-state index contributed by atoms with van der Waals surface area (Å²) < 4.78 is 7.10. The fourth-order valence-corrected chi connectivity index (χ4v) is 6.53. The number of hydrogen-bond acceptors (Lipinski definition) is 5. The number of amides is 1. The first kappa shape index (κ1) is 25.3. The van der Waals surface area contributed by atoms with Gasteiger partial charge >= 0.3 is 0 Å². The van der Waals surface area contributed by atoms with E-state index in [-0.39, 0.29) is 18.0 Å². The molecule has 3 heterocycles. The van der Waals surface area contributed by atoms with E-state index in [1.807, 2.05) is 48.5 Å². The quantitative estimate of drug-likeness (QED) is 0.343. The Morgan fingerprint density at radius 3 is 2.41 bits per heavy atom. The molecule has 200 valence electrons. The van der Waals surface area contributed by atoms with Gasteiger partial charge in [0.05, 0.1) is 30.8 Å². The number of hydrogen-bond donors (Lipinski definition) is 0. The lowest BCUT2D eigenvalue weighted by Gasteiger charge is -2.47. The smallest absolute Gasteiger partial charge is 0.238 e. The van der Waals surface area contributed by atoms with Gasteiger partial charge in [0.2, 0.25) is 5.91 Å². The minimum Gasteiger partial charge on any atom is -0.497 e. The number of piperidine rings is 1. The molecular weight excluding hydrogens is 486 g/mol. The van der Waals surface area contributed by atoms with Crippen LogP contribution in [0, 0.1) is 6.92 Å². The summed E-state index contributed by atoms with van der Waals surface area (Å²) in [5.41, 5.74) is 5.95. The largest absolute Gasteiger partial charge is 0.497 e. The zero-order chi connectivity index (χ0) is 27.1. The van der Waals surface area contributed by atoms with Crippen LogP contribution in [0.25, 0.3) is 0 Å². The molecule has 1 fully saturated rings. The summed E-state index contributed by atoms with van der Waals surface area (Å²) in [4.78, 5) is 19.1. The molecule has 1 spiro atoms. The van der Waals surface area contributed by atoms with E-state index < -0.39 is 5.41 Å². The summed E-state index contributed by atoms with van der Waals surface area (Å²) in [5.74, 6) is 0.990. The van der Waals surface area contributed by atoms with Gasteiger partial charge in [-0.25, -0.2) is 0 Å². The third kappa shape index (κ3) is 4.51. The molecule has 0 radical (unpaired) electrons. The van der Waals surface area contributed by atoms with Crippen molar-refractivity contribution in [3.8, 4) is 5.75 Å². The maximum Gasteiger partial charge on any atom is 0.238 e. The van der Waals surface area contributed by atoms with Crippen LogP contribution in [0.1, 0.15) is 53.8 Å². The summed E-state index contributed by atoms with van der Waals surface area (Å²) in [7, 11) is 3.57. The van der Waals surface area contributed by atoms with Crippen LogP contribution in [0.3, 0.4) is 0 Å². The standard InChI is InChI=1S/C32H35N5O2/c1-22-10-15-29-27(16-22)32(31(38)37(29)20-25-11-13-26(39-4)14-12-25)17-23(2)36(19-24-8-6-5-7-9-24)30(18-32)28-21-35(3)34-33-28/h5-16,21,23,30H,17-20H2,1-4H3. The third-order valence-electron chi connectivity index (χ3n) is 8.43. The zero-order valence-electron chi connectivity index (χ0n) is 23.0. The van der Waals surface area contributed by atoms with E-state index in [0.29, 0.717) is 13.0 Å². The molecule has 4 aromatic rings. The number of aromatic nitrogens is 3. The zero-order valence-corrected chi connectivity index (χ0v) is 23.0. The Morgan fingerprint density at radius 2 is 1.72 bits per heavy atom. The van der Waals surface area contributed by atoms with E-state index in [2.05, 4.69) is 71.5 Å². The average Bonchev–Trinajstić information content (AvgIpc) is 3.47. The Morgan fingerprint density at radius 1 is 0.974 bits per heavy atom. The first-order valence-corrected chi connectivity index (χ1v) is 13.6. The lowest BCUT2D eigenvalue weighted by molar-refractivity contribution is -0.127. The van der Waals surface area contributed by atoms with Gasteiger partial charge in [-0.15, -0.1) is 5.10 Å². The second-order valence-corrected chi connectivity index (χ2v) is 11.1. The van der Waals surface area contributed by atoms with Crippen molar-refractivity contribution < 1.29 is 9.53 Å². The van der Waals surface area contributed by atoms with Crippen LogP contribution in [0.5, 0.6) is 5.75 Å². The van der Waals surface area contributed by atoms with Crippen LogP contribution in [-0.2, 0) is 30.3 Å². The number of methoxy groups -OCH3 is 1. The predicted octanol–water partition coefficient (Wildman–Crippen LogP) is 5.34. The van der Waals surface area contributed by atoms with Crippen LogP contribution < -0.4 is 9.64 Å². The highest BCUT2D eigenvalue weighted by Gasteiger charge is 2.56. The fraction of sp³-hybridized carbons (Fsp3) is 0.344. The van der Waals surface area contributed by atoms with E-state index in [9.17, 15) is 4.79 Å². The van der Waals surface area contributed by atoms with Crippen molar-refractivity contribution in [2.24, 2.45) is 7.05 Å². The normalized spacial score (nSPS) is 22.9. The Kier molecular flexibility index (Phi) is 6.47. The lowest BCUT2D eigenvalue weighted by atomic mass is 9.68. The van der Waals surface area contributed by atoms with Crippen LogP contribution in [0.15, 0.2) is 79.0 Å². The molecule has 0 bridgehead atoms. The molecule has 0 aliphatic carbocycles. The van der Waals surface area contributed by atoms with Crippen LogP contribution in [0.4, 0.5) is 5.69 Å². The molecule has 7 heteroatoms. The topological polar surface area (TPSA) is 63.5 Å². The molecule has 39 heavy (non-hydrogen) atoms. The number of carbonyl (C=O) groups is 1. The molecular formula is C32H35N5O2. The number of aryl methyl sites for hydroxylation is 2. The molecule has 1 aromatic heterocycles. The molecule has 1 amide bonds. The highest BCUT2D eigenvalue weighted by Crippen LogP contribution is 2.54. The number of carbonyl (C=O) groups excluding carboxylic acids is 1. The summed E-state index contributed by atoms with van der Waals surface area (Å²) in [6.45, 7) is 5.68. The Bertz CT molecular complexity index is 1480. The average molecular weight is 522 g/mol. The van der Waals surface area contributed by atoms with Crippen molar-refractivity contribution in [1.29, 1.82) is 0 Å². The molecule has 0 saturated carbocycles. The highest BCUT2D eigenvalue weighted by atomic mass is 16.5. The number of likely N-dealkylation sites (tertiary alicyclic amines) is 1. The second-order valence-electron chi connectivity index (χ2n) is 11.1. The minimum absolute atomic E-state index is 0.0408. The SMILES string of the molecule is COc1ccc(CN2C(=O)C3(CC(C)N(Cc4ccccc4)C(c4cn(C)nn4)C3)c3cc(C)ccc32)cc1. The summed E-state index contributed by atoms with van der Waals surface area (Å²) in [6, 6.07) is 25.1. The molecule has 6 rings (SSSR count). The van der Waals surface area contributed by atoms with Gasteiger partial charge in [0.1, 0.15) is 5.75 Å². The number of nitrogens with zero attached hydrogens (tertiary/aromatic N) is 5. The first-order chi connectivity index (χ1) is 18.9. The van der Waals surface area contributed by atoms with Crippen molar-refractivity contribution in [2.75, 3.05) is 12.0 Å². The monoisotopic (exact) mass is 521 g/mol. The van der Waals surface area contributed by atoms with E-state index in [4.69, 9.17) is 4.74 Å². The van der Waals surface area contributed by atoms with Gasteiger partial charge in [-0.2, -0.15) is 0 Å². The summed E-state index contributed by atoms with van der Waals surface area (Å²) in [5, 5.41) is 8.83. The Hall–Kier alpha value is -3.97. The number of anilines is 1. The number of fused-ring (bicyclic) bond motifs is 2. The van der Waals surface area contributed by atoms with Gasteiger partial charge in [-0.1, -0.05) is 65.4 Å². The fourth-order valence-electron chi connectivity index (χ4n) is 6.53. The predicted molar refractivity (Wildman–Crippen MR) is 151 cm³/mol. The van der Waals surface area contributed by atoms with Crippen molar-refractivity contribution in [2.45, 2.75) is 57.3 Å². The van der Waals surface area contributed by atoms with Crippen molar-refractivity contribution in [3.05, 3.63) is 107 Å². The van der Waals surface area contributed by atoms with Crippen molar-refractivity contribution in [3.63, 3.8) is 0 Å². The molecule has 1 saturated heterocycles. The van der Waals surface area contributed by atoms with Crippen LogP contribution in [0.2, 0.25) is 0 Å². The van der Waals surface area contributed by atoms with E-state index in [0.717, 1.165) is 41.2 Å². The summed E-state index contributed by atoms with van der Waals surface area (Å²) >= 11 is 0. The molecule has 3 atom stereocenters. The Labute approximate surface area is 230 Å². The number of rotatable bonds is 6. The summed E-state index contributed by atoms with van der Waals surface area (Å²) in [6.07, 6.45) is 3.42. The maximum absolute atomic E-state index is 14.6. The Balaban J connectivity index is 1.41. The lowest BCUT2D eigenvalue weighted by Crippen LogP contribution is -2.53. The third-order valence-corrected chi connectivity index (χ3v) is 8.43. The van der Waals surface area contributed by atoms with Crippen molar-refractivity contribution in [1.82, 2.24) is 19.9 Å². The first-order valence-electron chi connectivity index (χ1n) is 13.6. The van der Waals surface area contributed by atoms with Crippen molar-refractivity contribution >= 4 is 11.6 Å². The van der Waals surface area contributed by atoms with Gasteiger partial charge in [0, 0.05) is 31.5 Å². The minimum atomic E-state index is -0.622. The van der Waals surface area contributed by atoms with E-state index >= 15 is 0 Å². The highest BCUT2D eigenvalue weighted by molar-refractivity contribution is 6.08. The molecule has 3 unspecified atom stereocenters. The van der Waals surface area contributed by atoms with Gasteiger partial charge < -0.3 is 9.64 Å². The van der Waals surface area contributed by atoms with Crippen LogP contribution in [-0.4, -0.2) is 39.0 Å². The molecule has 2 aliphatic rings. The molecule has 2 aliphatic heterocycles. The molecule has 0 N–H and O–H groups in total. The number of ether oxygens (including phenoxy) is 1. The second kappa shape index (κ2) is 9.97. The van der Waals surface area contributed by atoms with E-state index in [1.165, 1.54) is 11.1 Å². The number of benzene rings is 3. The van der Waals surface area contributed by atoms with Gasteiger partial charge in [-0.3, -0.25) is 14.4 Å². The molecule has 3 aromatic carbocycles. The maximum atomic E-state index is 14.6. The van der Waals surface area contributed by atoms with Crippen LogP contribution >= 0.6 is 0 Å². The van der Waals surface area contributed by atoms with Gasteiger partial charge in [0.25, 0.3) is 0 Å².